The standard InChI is InChI=1S/C35H37FN4O9/c1-4-11-39(28(42)9-10-29(43)44)16-27(41)37-14-30(45)49-35(5-2)23-12-26-32-21(15-40(26)33(46)22(23)17-48-34(35)47)20-8-6-7-19-18(3)24(36)13-25(38-32)31(19)20/h12-13H,4-11,14-17H2,1-3H3,(H,37,41)(H,43,44)/t35-/m0/s1. The first kappa shape index (κ1) is 33.7. The number of benzene rings is 1. The van der Waals surface area contributed by atoms with Crippen molar-refractivity contribution in [2.75, 3.05) is 19.6 Å². The van der Waals surface area contributed by atoms with Crippen molar-refractivity contribution in [1.29, 1.82) is 0 Å². The van der Waals surface area contributed by atoms with Crippen LogP contribution in [-0.4, -0.2) is 68.9 Å². The second-order valence-corrected chi connectivity index (χ2v) is 12.7. The van der Waals surface area contributed by atoms with Crippen molar-refractivity contribution in [1.82, 2.24) is 19.8 Å². The number of rotatable bonds is 11. The smallest absolute Gasteiger partial charge is 0.355 e. The molecule has 6 rings (SSSR count). The molecule has 14 heteroatoms. The highest BCUT2D eigenvalue weighted by Crippen LogP contribution is 2.44. The fourth-order valence-corrected chi connectivity index (χ4v) is 7.24. The maximum atomic E-state index is 14.9. The number of carbonyl (C=O) groups is 5. The predicted octanol–water partition coefficient (Wildman–Crippen LogP) is 2.79. The molecule has 4 heterocycles. The van der Waals surface area contributed by atoms with E-state index in [1.165, 1.54) is 11.0 Å². The molecular weight excluding hydrogens is 639 g/mol. The van der Waals surface area contributed by atoms with Crippen molar-refractivity contribution in [2.45, 2.75) is 84.5 Å². The second-order valence-electron chi connectivity index (χ2n) is 12.7. The van der Waals surface area contributed by atoms with E-state index in [1.807, 2.05) is 0 Å². The summed E-state index contributed by atoms with van der Waals surface area (Å²) in [5, 5.41) is 12.2. The number of aryl methyl sites for hydroxylation is 2. The van der Waals surface area contributed by atoms with E-state index in [0.717, 1.165) is 41.3 Å². The summed E-state index contributed by atoms with van der Waals surface area (Å²) in [6.07, 6.45) is 2.10. The van der Waals surface area contributed by atoms with E-state index in [2.05, 4.69) is 5.32 Å². The summed E-state index contributed by atoms with van der Waals surface area (Å²) in [6, 6.07) is 3.04. The molecule has 1 aromatic carbocycles. The largest absolute Gasteiger partial charge is 0.481 e. The van der Waals surface area contributed by atoms with Crippen LogP contribution < -0.4 is 10.9 Å². The van der Waals surface area contributed by atoms with Crippen LogP contribution in [0.1, 0.15) is 79.3 Å². The molecule has 0 radical (unpaired) electrons. The van der Waals surface area contributed by atoms with Gasteiger partial charge in [0.15, 0.2) is 0 Å². The van der Waals surface area contributed by atoms with E-state index in [1.54, 1.807) is 31.4 Å². The number of ether oxygens (including phenoxy) is 2. The molecule has 2 aromatic heterocycles. The molecule has 2 N–H and O–H groups in total. The quantitative estimate of drug-likeness (QED) is 0.225. The average molecular weight is 677 g/mol. The summed E-state index contributed by atoms with van der Waals surface area (Å²) >= 11 is 0. The minimum Gasteiger partial charge on any atom is -0.481 e. The topological polar surface area (TPSA) is 174 Å². The lowest BCUT2D eigenvalue weighted by Gasteiger charge is -2.35. The molecule has 3 aromatic rings. The number of fused-ring (bicyclic) bond motifs is 5. The Morgan fingerprint density at radius 3 is 2.57 bits per heavy atom. The highest BCUT2D eigenvalue weighted by Gasteiger charge is 2.50. The number of esters is 2. The number of pyridine rings is 2. The van der Waals surface area contributed by atoms with Crippen LogP contribution in [0, 0.1) is 12.7 Å². The molecule has 2 amide bonds. The zero-order valence-corrected chi connectivity index (χ0v) is 27.6. The number of carbonyl (C=O) groups excluding carboxylic acids is 4. The Balaban J connectivity index is 1.28. The van der Waals surface area contributed by atoms with E-state index in [-0.39, 0.29) is 55.9 Å². The maximum Gasteiger partial charge on any atom is 0.355 e. The van der Waals surface area contributed by atoms with E-state index in [4.69, 9.17) is 19.6 Å². The molecule has 0 fully saturated rings. The van der Waals surface area contributed by atoms with E-state index in [0.29, 0.717) is 28.9 Å². The minimum absolute atomic E-state index is 0.0825. The normalized spacial score (nSPS) is 17.1. The lowest BCUT2D eigenvalue weighted by Crippen LogP contribution is -2.49. The van der Waals surface area contributed by atoms with Gasteiger partial charge in [0.05, 0.1) is 42.0 Å². The summed E-state index contributed by atoms with van der Waals surface area (Å²) in [5.74, 6) is -4.53. The number of halogens is 1. The molecular formula is C35H37FN4O9. The van der Waals surface area contributed by atoms with Crippen molar-refractivity contribution in [3.63, 3.8) is 0 Å². The third-order valence-electron chi connectivity index (χ3n) is 9.69. The molecule has 0 spiro atoms. The third kappa shape index (κ3) is 5.82. The molecule has 258 valence electrons. The molecule has 0 unspecified atom stereocenters. The number of nitrogens with one attached hydrogen (secondary N) is 1. The fraction of sp³-hybridized carbons (Fsp3) is 0.457. The van der Waals surface area contributed by atoms with Crippen molar-refractivity contribution < 1.29 is 42.9 Å². The van der Waals surface area contributed by atoms with Gasteiger partial charge in [-0.05, 0) is 61.8 Å². The number of hydrogen-bond donors (Lipinski definition) is 2. The monoisotopic (exact) mass is 676 g/mol. The summed E-state index contributed by atoms with van der Waals surface area (Å²) in [5.41, 5.74) is 2.77. The molecule has 1 atom stereocenters. The van der Waals surface area contributed by atoms with Crippen LogP contribution in [0.4, 0.5) is 4.39 Å². The van der Waals surface area contributed by atoms with Crippen LogP contribution in [-0.2, 0) is 65.0 Å². The van der Waals surface area contributed by atoms with Gasteiger partial charge in [0.25, 0.3) is 5.56 Å². The zero-order valence-electron chi connectivity index (χ0n) is 27.6. The Bertz CT molecular complexity index is 2010. The van der Waals surface area contributed by atoms with Gasteiger partial charge in [-0.1, -0.05) is 13.8 Å². The van der Waals surface area contributed by atoms with Crippen molar-refractivity contribution in [3.8, 4) is 11.4 Å². The number of amides is 2. The summed E-state index contributed by atoms with van der Waals surface area (Å²) in [4.78, 5) is 82.6. The van der Waals surface area contributed by atoms with E-state index < -0.39 is 54.0 Å². The number of hydrogen-bond acceptors (Lipinski definition) is 9. The lowest BCUT2D eigenvalue weighted by molar-refractivity contribution is -0.189. The Labute approximate surface area is 280 Å². The molecule has 13 nitrogen and oxygen atoms in total. The average Bonchev–Trinajstić information content (AvgIpc) is 3.45. The summed E-state index contributed by atoms with van der Waals surface area (Å²) in [6.45, 7) is 4.25. The summed E-state index contributed by atoms with van der Waals surface area (Å²) < 4.78 is 27.7. The Hall–Kier alpha value is -5.14. The molecule has 49 heavy (non-hydrogen) atoms. The van der Waals surface area contributed by atoms with Gasteiger partial charge in [0.2, 0.25) is 17.4 Å². The van der Waals surface area contributed by atoms with Crippen molar-refractivity contribution in [3.05, 3.63) is 61.7 Å². The van der Waals surface area contributed by atoms with E-state index in [9.17, 15) is 33.2 Å². The van der Waals surface area contributed by atoms with Gasteiger partial charge < -0.3 is 29.4 Å². The van der Waals surface area contributed by atoms with Crippen LogP contribution in [0.25, 0.3) is 22.3 Å². The number of aliphatic carboxylic acids is 1. The van der Waals surface area contributed by atoms with Crippen LogP contribution in [0.5, 0.6) is 0 Å². The number of carboxylic acid groups (broad SMARTS) is 1. The van der Waals surface area contributed by atoms with Gasteiger partial charge in [0.1, 0.15) is 19.0 Å². The number of nitrogens with zero attached hydrogens (tertiary/aromatic N) is 3. The zero-order chi connectivity index (χ0) is 35.2. The van der Waals surface area contributed by atoms with Gasteiger partial charge in [-0.25, -0.2) is 14.2 Å². The Morgan fingerprint density at radius 1 is 1.10 bits per heavy atom. The van der Waals surface area contributed by atoms with Gasteiger partial charge in [-0.3, -0.25) is 24.0 Å². The van der Waals surface area contributed by atoms with Crippen LogP contribution >= 0.6 is 0 Å². The van der Waals surface area contributed by atoms with Gasteiger partial charge in [0, 0.05) is 35.5 Å². The second kappa shape index (κ2) is 13.1. The molecule has 1 aliphatic carbocycles. The SMILES string of the molecule is CCCN(CC(=O)NCC(=O)O[C@]1(CC)C(=O)OCc2c1cc1n(c2=O)Cc2c-1nc1cc(F)c(C)c3c1c2CCC3)C(=O)CCC(=O)O. The Kier molecular flexibility index (Phi) is 8.99. The lowest BCUT2D eigenvalue weighted by atomic mass is 9.84. The number of cyclic esters (lactones) is 1. The first-order chi connectivity index (χ1) is 23.4. The first-order valence-corrected chi connectivity index (χ1v) is 16.5. The highest BCUT2D eigenvalue weighted by atomic mass is 19.1. The molecule has 0 saturated heterocycles. The van der Waals surface area contributed by atoms with Gasteiger partial charge >= 0.3 is 17.9 Å². The molecule has 2 aliphatic heterocycles. The van der Waals surface area contributed by atoms with Gasteiger partial charge in [-0.2, -0.15) is 0 Å². The number of aromatic nitrogens is 2. The fourth-order valence-electron chi connectivity index (χ4n) is 7.24. The van der Waals surface area contributed by atoms with E-state index >= 15 is 0 Å². The van der Waals surface area contributed by atoms with Crippen molar-refractivity contribution in [2.24, 2.45) is 0 Å². The predicted molar refractivity (Wildman–Crippen MR) is 172 cm³/mol. The van der Waals surface area contributed by atoms with Crippen LogP contribution in [0.2, 0.25) is 0 Å². The molecule has 0 saturated carbocycles. The van der Waals surface area contributed by atoms with Crippen LogP contribution in [0.15, 0.2) is 16.9 Å². The Morgan fingerprint density at radius 2 is 1.86 bits per heavy atom. The van der Waals surface area contributed by atoms with Gasteiger partial charge in [-0.15, -0.1) is 0 Å². The molecule has 0 bridgehead atoms. The first-order valence-electron chi connectivity index (χ1n) is 16.5. The van der Waals surface area contributed by atoms with Crippen molar-refractivity contribution >= 4 is 40.6 Å². The maximum absolute atomic E-state index is 14.9. The third-order valence-corrected chi connectivity index (χ3v) is 9.69. The minimum atomic E-state index is -1.99. The summed E-state index contributed by atoms with van der Waals surface area (Å²) in [7, 11) is 0. The highest BCUT2D eigenvalue weighted by molar-refractivity contribution is 5.93. The van der Waals surface area contributed by atoms with Crippen LogP contribution in [0.3, 0.4) is 0 Å². The molecule has 3 aliphatic rings. The number of carboxylic acids is 1.